The summed E-state index contributed by atoms with van der Waals surface area (Å²) < 4.78 is 0. The average Bonchev–Trinajstić information content (AvgIpc) is 2.39. The van der Waals surface area contributed by atoms with E-state index in [1.54, 1.807) is 4.90 Å². The first-order valence-corrected chi connectivity index (χ1v) is 6.51. The summed E-state index contributed by atoms with van der Waals surface area (Å²) in [4.78, 5) is 26.2. The van der Waals surface area contributed by atoms with E-state index < -0.39 is 5.92 Å². The Morgan fingerprint density at radius 1 is 1.28 bits per heavy atom. The van der Waals surface area contributed by atoms with Gasteiger partial charge in [-0.1, -0.05) is 32.0 Å². The second-order valence-corrected chi connectivity index (χ2v) is 5.08. The van der Waals surface area contributed by atoms with Crippen LogP contribution in [0.15, 0.2) is 30.3 Å². The molecule has 1 heterocycles. The Kier molecular flexibility index (Phi) is 3.80. The fourth-order valence-electron chi connectivity index (χ4n) is 2.41. The van der Waals surface area contributed by atoms with Crippen molar-refractivity contribution in [2.24, 2.45) is 11.8 Å². The molecule has 1 aromatic rings. The van der Waals surface area contributed by atoms with Gasteiger partial charge in [-0.05, 0) is 25.0 Å². The van der Waals surface area contributed by atoms with Gasteiger partial charge in [-0.15, -0.1) is 0 Å². The molecule has 0 aliphatic carbocycles. The number of para-hydroxylation sites is 1. The summed E-state index contributed by atoms with van der Waals surface area (Å²) in [5.74, 6) is -0.486. The molecule has 18 heavy (non-hydrogen) atoms. The van der Waals surface area contributed by atoms with Gasteiger partial charge in [0.25, 0.3) is 0 Å². The third-order valence-corrected chi connectivity index (χ3v) is 3.42. The second-order valence-electron chi connectivity index (χ2n) is 5.08. The van der Waals surface area contributed by atoms with Gasteiger partial charge in [0.15, 0.2) is 0 Å². The molecule has 1 aliphatic rings. The van der Waals surface area contributed by atoms with Crippen LogP contribution in [-0.4, -0.2) is 18.2 Å². The lowest BCUT2D eigenvalue weighted by molar-refractivity contribution is -0.135. The van der Waals surface area contributed by atoms with Crippen LogP contribution in [0, 0.1) is 11.8 Å². The number of hydrogen-bond acceptors (Lipinski definition) is 2. The van der Waals surface area contributed by atoms with Gasteiger partial charge in [0, 0.05) is 18.2 Å². The highest BCUT2D eigenvalue weighted by atomic mass is 16.2. The molecule has 0 N–H and O–H groups in total. The highest BCUT2D eigenvalue weighted by Gasteiger charge is 2.35. The normalized spacial score (nSPS) is 20.3. The van der Waals surface area contributed by atoms with E-state index in [2.05, 4.69) is 0 Å². The first-order valence-electron chi connectivity index (χ1n) is 6.51. The molecule has 3 heteroatoms. The monoisotopic (exact) mass is 245 g/mol. The Hall–Kier alpha value is -1.64. The molecule has 96 valence electrons. The van der Waals surface area contributed by atoms with Crippen LogP contribution in [0.25, 0.3) is 0 Å². The fraction of sp³-hybridized carbons (Fsp3) is 0.467. The highest BCUT2D eigenvalue weighted by Crippen LogP contribution is 2.26. The van der Waals surface area contributed by atoms with E-state index in [0.29, 0.717) is 13.0 Å². The maximum atomic E-state index is 12.4. The summed E-state index contributed by atoms with van der Waals surface area (Å²) in [6.07, 6.45) is 1.59. The third kappa shape index (κ3) is 2.45. The predicted octanol–water partition coefficient (Wildman–Crippen LogP) is 2.65. The van der Waals surface area contributed by atoms with Gasteiger partial charge in [-0.2, -0.15) is 0 Å². The number of hydrogen-bond donors (Lipinski definition) is 0. The van der Waals surface area contributed by atoms with E-state index >= 15 is 0 Å². The Balaban J connectivity index is 2.20. The summed E-state index contributed by atoms with van der Waals surface area (Å²) in [7, 11) is 0. The number of amides is 1. The number of rotatable bonds is 3. The summed E-state index contributed by atoms with van der Waals surface area (Å²) in [6, 6.07) is 9.59. The molecular formula is C15H19NO2. The summed E-state index contributed by atoms with van der Waals surface area (Å²) >= 11 is 0. The van der Waals surface area contributed by atoms with Crippen molar-refractivity contribution in [1.29, 1.82) is 0 Å². The van der Waals surface area contributed by atoms with Gasteiger partial charge in [0.2, 0.25) is 5.91 Å². The summed E-state index contributed by atoms with van der Waals surface area (Å²) in [6.45, 7) is 4.43. The lowest BCUT2D eigenvalue weighted by atomic mass is 9.87. The lowest BCUT2D eigenvalue weighted by Gasteiger charge is -2.32. The van der Waals surface area contributed by atoms with Crippen molar-refractivity contribution in [2.75, 3.05) is 11.4 Å². The SMILES string of the molecule is CC(C)C(=O)C1CCCN(c2ccccc2)C1=O. The number of benzene rings is 1. The molecule has 1 aliphatic heterocycles. The molecular weight excluding hydrogens is 226 g/mol. The zero-order chi connectivity index (χ0) is 13.1. The number of piperidine rings is 1. The van der Waals surface area contributed by atoms with E-state index in [4.69, 9.17) is 0 Å². The predicted molar refractivity (Wildman–Crippen MR) is 71.4 cm³/mol. The topological polar surface area (TPSA) is 37.4 Å². The zero-order valence-electron chi connectivity index (χ0n) is 10.9. The van der Waals surface area contributed by atoms with Crippen LogP contribution < -0.4 is 4.90 Å². The first kappa shape index (κ1) is 12.8. The third-order valence-electron chi connectivity index (χ3n) is 3.42. The Labute approximate surface area is 108 Å². The van der Waals surface area contributed by atoms with E-state index in [9.17, 15) is 9.59 Å². The summed E-state index contributed by atoms with van der Waals surface area (Å²) in [5.41, 5.74) is 0.892. The molecule has 1 atom stereocenters. The van der Waals surface area contributed by atoms with E-state index in [0.717, 1.165) is 12.1 Å². The van der Waals surface area contributed by atoms with Crippen molar-refractivity contribution in [3.8, 4) is 0 Å². The smallest absolute Gasteiger partial charge is 0.237 e. The fourth-order valence-corrected chi connectivity index (χ4v) is 2.41. The van der Waals surface area contributed by atoms with Crippen molar-refractivity contribution in [3.63, 3.8) is 0 Å². The van der Waals surface area contributed by atoms with Crippen molar-refractivity contribution < 1.29 is 9.59 Å². The molecule has 0 bridgehead atoms. The van der Waals surface area contributed by atoms with Gasteiger partial charge < -0.3 is 4.90 Å². The van der Waals surface area contributed by atoms with Gasteiger partial charge in [0.1, 0.15) is 5.78 Å². The molecule has 1 amide bonds. The number of nitrogens with zero attached hydrogens (tertiary/aromatic N) is 1. The van der Waals surface area contributed by atoms with Gasteiger partial charge >= 0.3 is 0 Å². The highest BCUT2D eigenvalue weighted by molar-refractivity contribution is 6.09. The first-order chi connectivity index (χ1) is 8.61. The number of anilines is 1. The number of carbonyl (C=O) groups is 2. The Bertz CT molecular complexity index is 439. The standard InChI is InChI=1S/C15H19NO2/c1-11(2)14(17)13-9-6-10-16(15(13)18)12-7-4-3-5-8-12/h3-5,7-8,11,13H,6,9-10H2,1-2H3. The lowest BCUT2D eigenvalue weighted by Crippen LogP contribution is -2.45. The van der Waals surface area contributed by atoms with E-state index in [1.165, 1.54) is 0 Å². The molecule has 1 unspecified atom stereocenters. The molecule has 1 aromatic carbocycles. The van der Waals surface area contributed by atoms with Crippen LogP contribution in [0.3, 0.4) is 0 Å². The van der Waals surface area contributed by atoms with Crippen LogP contribution in [0.4, 0.5) is 5.69 Å². The molecule has 0 aromatic heterocycles. The quantitative estimate of drug-likeness (QED) is 0.768. The number of ketones is 1. The molecule has 1 saturated heterocycles. The molecule has 0 radical (unpaired) electrons. The minimum atomic E-state index is -0.445. The second kappa shape index (κ2) is 5.34. The maximum absolute atomic E-state index is 12.4. The molecule has 0 saturated carbocycles. The van der Waals surface area contributed by atoms with Crippen LogP contribution in [0.2, 0.25) is 0 Å². The van der Waals surface area contributed by atoms with Gasteiger partial charge in [-0.3, -0.25) is 9.59 Å². The number of carbonyl (C=O) groups excluding carboxylic acids is 2. The van der Waals surface area contributed by atoms with Crippen molar-refractivity contribution in [3.05, 3.63) is 30.3 Å². The van der Waals surface area contributed by atoms with Crippen molar-refractivity contribution in [1.82, 2.24) is 0 Å². The Morgan fingerprint density at radius 2 is 1.94 bits per heavy atom. The van der Waals surface area contributed by atoms with Crippen molar-refractivity contribution >= 4 is 17.4 Å². The van der Waals surface area contributed by atoms with Crippen LogP contribution in [0.1, 0.15) is 26.7 Å². The number of Topliss-reactive ketones (excluding diaryl/α,β-unsaturated/α-hetero) is 1. The zero-order valence-corrected chi connectivity index (χ0v) is 10.9. The molecule has 3 nitrogen and oxygen atoms in total. The van der Waals surface area contributed by atoms with E-state index in [-0.39, 0.29) is 17.6 Å². The molecule has 2 rings (SSSR count). The van der Waals surface area contributed by atoms with Crippen molar-refractivity contribution in [2.45, 2.75) is 26.7 Å². The minimum absolute atomic E-state index is 0.0360. The van der Waals surface area contributed by atoms with Gasteiger partial charge in [-0.25, -0.2) is 0 Å². The van der Waals surface area contributed by atoms with E-state index in [1.807, 2.05) is 44.2 Å². The maximum Gasteiger partial charge on any atom is 0.237 e. The van der Waals surface area contributed by atoms with Gasteiger partial charge in [0.05, 0.1) is 5.92 Å². The molecule has 1 fully saturated rings. The molecule has 0 spiro atoms. The summed E-state index contributed by atoms with van der Waals surface area (Å²) in [5, 5.41) is 0. The average molecular weight is 245 g/mol. The van der Waals surface area contributed by atoms with Crippen LogP contribution >= 0.6 is 0 Å². The Morgan fingerprint density at radius 3 is 2.56 bits per heavy atom. The van der Waals surface area contributed by atoms with Crippen LogP contribution in [-0.2, 0) is 9.59 Å². The minimum Gasteiger partial charge on any atom is -0.312 e. The van der Waals surface area contributed by atoms with Crippen LogP contribution in [0.5, 0.6) is 0 Å². The largest absolute Gasteiger partial charge is 0.312 e.